The van der Waals surface area contributed by atoms with Crippen LogP contribution in [0, 0.1) is 0 Å². The molecule has 0 amide bonds. The summed E-state index contributed by atoms with van der Waals surface area (Å²) in [6.45, 7) is 3.59. The number of hydrogen-bond donors (Lipinski definition) is 1. The van der Waals surface area contributed by atoms with Gasteiger partial charge in [-0.1, -0.05) is 0 Å². The molecule has 1 aromatic rings. The molecular weight excluding hydrogens is 274 g/mol. The van der Waals surface area contributed by atoms with Gasteiger partial charge in [0.1, 0.15) is 4.90 Å². The molecule has 0 unspecified atom stereocenters. The first-order chi connectivity index (χ1) is 9.52. The first kappa shape index (κ1) is 14.1. The Balaban J connectivity index is 1.81. The fourth-order valence-electron chi connectivity index (χ4n) is 2.45. The van der Waals surface area contributed by atoms with Gasteiger partial charge in [-0.25, -0.2) is 8.42 Å². The number of nitrogens with zero attached hydrogens (tertiary/aromatic N) is 2. The van der Waals surface area contributed by atoms with Crippen molar-refractivity contribution in [2.45, 2.75) is 62.7 Å². The van der Waals surface area contributed by atoms with E-state index in [-0.39, 0.29) is 6.04 Å². The molecule has 0 radical (unpaired) electrons. The topological polar surface area (TPSA) is 54.3 Å². The van der Waals surface area contributed by atoms with Crippen LogP contribution >= 0.6 is 0 Å². The summed E-state index contributed by atoms with van der Waals surface area (Å²) in [4.78, 5) is 0.432. The van der Waals surface area contributed by atoms with E-state index in [1.165, 1.54) is 17.1 Å². The highest BCUT2D eigenvalue weighted by molar-refractivity contribution is 7.89. The smallest absolute Gasteiger partial charge is 0.244 e. The minimum Gasteiger partial charge on any atom is -0.349 e. The van der Waals surface area contributed by atoms with E-state index < -0.39 is 10.0 Å². The maximum Gasteiger partial charge on any atom is 0.244 e. The molecule has 2 aliphatic rings. The summed E-state index contributed by atoms with van der Waals surface area (Å²) in [5.41, 5.74) is 1.06. The second kappa shape index (κ2) is 5.16. The Morgan fingerprint density at radius 2 is 2.05 bits per heavy atom. The first-order valence-electron chi connectivity index (χ1n) is 7.43. The lowest BCUT2D eigenvalue weighted by molar-refractivity contribution is 0.464. The molecule has 0 atom stereocenters. The summed E-state index contributed by atoms with van der Waals surface area (Å²) < 4.78 is 28.6. The summed E-state index contributed by atoms with van der Waals surface area (Å²) in [5, 5.41) is 3.45. The van der Waals surface area contributed by atoms with E-state index in [0.29, 0.717) is 10.9 Å². The molecule has 0 aromatic carbocycles. The predicted molar refractivity (Wildman–Crippen MR) is 77.9 cm³/mol. The van der Waals surface area contributed by atoms with Crippen LogP contribution in [0.4, 0.5) is 0 Å². The van der Waals surface area contributed by atoms with Crippen molar-refractivity contribution in [1.82, 2.24) is 14.2 Å². The number of aromatic nitrogens is 1. The molecular formula is C14H23N3O2S. The summed E-state index contributed by atoms with van der Waals surface area (Å²) in [7, 11) is -1.63. The van der Waals surface area contributed by atoms with Crippen molar-refractivity contribution in [1.29, 1.82) is 0 Å². The zero-order valence-electron chi connectivity index (χ0n) is 12.2. The van der Waals surface area contributed by atoms with Crippen molar-refractivity contribution in [2.75, 3.05) is 7.05 Å². The van der Waals surface area contributed by atoms with Gasteiger partial charge in [0.25, 0.3) is 0 Å². The molecule has 0 aliphatic heterocycles. The second-order valence-corrected chi connectivity index (χ2v) is 7.86. The van der Waals surface area contributed by atoms with E-state index in [1.54, 1.807) is 13.2 Å². The van der Waals surface area contributed by atoms with Crippen LogP contribution in [0.25, 0.3) is 0 Å². The molecule has 2 aliphatic carbocycles. The SMILES string of the molecule is CCn1cc(S(=O)(=O)N(C)C2CC2)cc1CNC1CC1. The molecule has 2 fully saturated rings. The Morgan fingerprint density at radius 1 is 1.35 bits per heavy atom. The van der Waals surface area contributed by atoms with Gasteiger partial charge in [0.15, 0.2) is 0 Å². The van der Waals surface area contributed by atoms with Crippen molar-refractivity contribution in [3.05, 3.63) is 18.0 Å². The molecule has 20 heavy (non-hydrogen) atoms. The molecule has 112 valence electrons. The fourth-order valence-corrected chi connectivity index (χ4v) is 3.93. The molecule has 6 heteroatoms. The van der Waals surface area contributed by atoms with Gasteiger partial charge in [-0.2, -0.15) is 4.31 Å². The number of sulfonamides is 1. The third kappa shape index (κ3) is 2.77. The Bertz CT molecular complexity index is 586. The van der Waals surface area contributed by atoms with Gasteiger partial charge in [0.05, 0.1) is 0 Å². The van der Waals surface area contributed by atoms with Crippen molar-refractivity contribution < 1.29 is 8.42 Å². The van der Waals surface area contributed by atoms with Gasteiger partial charge in [-0.3, -0.25) is 0 Å². The van der Waals surface area contributed by atoms with Gasteiger partial charge in [0.2, 0.25) is 10.0 Å². The Kier molecular flexibility index (Phi) is 3.64. The van der Waals surface area contributed by atoms with Crippen LogP contribution in [0.3, 0.4) is 0 Å². The lowest BCUT2D eigenvalue weighted by Gasteiger charge is -2.14. The highest BCUT2D eigenvalue weighted by atomic mass is 32.2. The minimum atomic E-state index is -3.33. The lowest BCUT2D eigenvalue weighted by Crippen LogP contribution is -2.28. The van der Waals surface area contributed by atoms with Crippen LogP contribution in [0.15, 0.2) is 17.2 Å². The van der Waals surface area contributed by atoms with Crippen molar-refractivity contribution in [3.8, 4) is 0 Å². The summed E-state index contributed by atoms with van der Waals surface area (Å²) in [6.07, 6.45) is 6.23. The fraction of sp³-hybridized carbons (Fsp3) is 0.714. The molecule has 0 spiro atoms. The Morgan fingerprint density at radius 3 is 2.60 bits per heavy atom. The number of hydrogen-bond acceptors (Lipinski definition) is 3. The maximum atomic E-state index is 12.5. The monoisotopic (exact) mass is 297 g/mol. The van der Waals surface area contributed by atoms with Gasteiger partial charge in [0, 0.05) is 44.1 Å². The third-order valence-electron chi connectivity index (χ3n) is 4.19. The van der Waals surface area contributed by atoms with Crippen LogP contribution in [-0.2, 0) is 23.1 Å². The molecule has 5 nitrogen and oxygen atoms in total. The number of aryl methyl sites for hydroxylation is 1. The van der Waals surface area contributed by atoms with Gasteiger partial charge in [-0.15, -0.1) is 0 Å². The molecule has 1 aromatic heterocycles. The van der Waals surface area contributed by atoms with E-state index in [2.05, 4.69) is 5.32 Å². The normalized spacial score (nSPS) is 19.8. The first-order valence-corrected chi connectivity index (χ1v) is 8.87. The lowest BCUT2D eigenvalue weighted by atomic mass is 10.4. The molecule has 1 N–H and O–H groups in total. The van der Waals surface area contributed by atoms with E-state index >= 15 is 0 Å². The average molecular weight is 297 g/mol. The van der Waals surface area contributed by atoms with E-state index in [4.69, 9.17) is 0 Å². The number of rotatable bonds is 7. The van der Waals surface area contributed by atoms with Crippen molar-refractivity contribution in [3.63, 3.8) is 0 Å². The highest BCUT2D eigenvalue weighted by Crippen LogP contribution is 2.31. The average Bonchev–Trinajstić information content (AvgIpc) is 3.33. The molecule has 1 heterocycles. The molecule has 0 bridgehead atoms. The Labute approximate surface area is 121 Å². The quantitative estimate of drug-likeness (QED) is 0.830. The van der Waals surface area contributed by atoms with Crippen LogP contribution in [0.1, 0.15) is 38.3 Å². The van der Waals surface area contributed by atoms with Gasteiger partial charge in [-0.05, 0) is 38.7 Å². The third-order valence-corrected chi connectivity index (χ3v) is 6.06. The summed E-state index contributed by atoms with van der Waals surface area (Å²) in [5.74, 6) is 0. The van der Waals surface area contributed by atoms with Crippen molar-refractivity contribution >= 4 is 10.0 Å². The highest BCUT2D eigenvalue weighted by Gasteiger charge is 2.35. The van der Waals surface area contributed by atoms with E-state index in [9.17, 15) is 8.42 Å². The summed E-state index contributed by atoms with van der Waals surface area (Å²) >= 11 is 0. The predicted octanol–water partition coefficient (Wildman–Crippen LogP) is 1.54. The van der Waals surface area contributed by atoms with E-state index in [1.807, 2.05) is 17.6 Å². The second-order valence-electron chi connectivity index (χ2n) is 5.86. The van der Waals surface area contributed by atoms with Crippen molar-refractivity contribution in [2.24, 2.45) is 0 Å². The molecule has 2 saturated carbocycles. The standard InChI is InChI=1S/C14H23N3O2S/c1-3-17-10-14(8-13(17)9-15-11-4-5-11)20(18,19)16(2)12-6-7-12/h8,10-12,15H,3-7,9H2,1-2H3. The van der Waals surface area contributed by atoms with Gasteiger partial charge < -0.3 is 9.88 Å². The zero-order valence-corrected chi connectivity index (χ0v) is 13.0. The van der Waals surface area contributed by atoms with Crippen LogP contribution in [0.5, 0.6) is 0 Å². The molecule has 0 saturated heterocycles. The van der Waals surface area contributed by atoms with E-state index in [0.717, 1.165) is 31.6 Å². The maximum absolute atomic E-state index is 12.5. The Hall–Kier alpha value is -0.850. The number of nitrogens with one attached hydrogen (secondary N) is 1. The minimum absolute atomic E-state index is 0.206. The largest absolute Gasteiger partial charge is 0.349 e. The van der Waals surface area contributed by atoms with Crippen LogP contribution in [-0.4, -0.2) is 36.4 Å². The van der Waals surface area contributed by atoms with Gasteiger partial charge >= 0.3 is 0 Å². The molecule has 3 rings (SSSR count). The van der Waals surface area contributed by atoms with Crippen LogP contribution in [0.2, 0.25) is 0 Å². The zero-order chi connectivity index (χ0) is 14.3. The summed E-state index contributed by atoms with van der Waals surface area (Å²) in [6, 6.07) is 2.66. The van der Waals surface area contributed by atoms with Crippen LogP contribution < -0.4 is 5.32 Å².